The topological polar surface area (TPSA) is 47.6 Å². The van der Waals surface area contributed by atoms with E-state index in [9.17, 15) is 4.79 Å². The van der Waals surface area contributed by atoms with Gasteiger partial charge in [0.25, 0.3) is 0 Å². The predicted octanol–water partition coefficient (Wildman–Crippen LogP) is 3.22. The summed E-state index contributed by atoms with van der Waals surface area (Å²) in [7, 11) is 0. The molecule has 136 valence electrons. The number of fused-ring (bicyclic) bond motifs is 1. The van der Waals surface area contributed by atoms with Crippen molar-refractivity contribution in [2.24, 2.45) is 11.8 Å². The van der Waals surface area contributed by atoms with Crippen LogP contribution in [0.1, 0.15) is 18.4 Å². The van der Waals surface area contributed by atoms with E-state index in [0.717, 1.165) is 25.2 Å². The molecule has 1 aliphatic heterocycles. The lowest BCUT2D eigenvalue weighted by molar-refractivity contribution is -0.127. The van der Waals surface area contributed by atoms with Crippen LogP contribution in [0.25, 0.3) is 0 Å². The van der Waals surface area contributed by atoms with E-state index in [1.54, 1.807) is 0 Å². The van der Waals surface area contributed by atoms with E-state index in [0.29, 0.717) is 31.0 Å². The second-order valence-corrected chi connectivity index (χ2v) is 7.15. The van der Waals surface area contributed by atoms with Crippen LogP contribution in [0.15, 0.2) is 60.7 Å². The van der Waals surface area contributed by atoms with Gasteiger partial charge >= 0.3 is 0 Å². The molecule has 2 fully saturated rings. The molecule has 1 heterocycles. The smallest absolute Gasteiger partial charge is 0.223 e. The van der Waals surface area contributed by atoms with Gasteiger partial charge in [0.05, 0.1) is 19.1 Å². The third-order valence-corrected chi connectivity index (χ3v) is 5.51. The van der Waals surface area contributed by atoms with Crippen LogP contribution < -0.4 is 10.1 Å². The normalized spacial score (nSPS) is 26.6. The largest absolute Gasteiger partial charge is 0.493 e. The molecule has 2 aromatic carbocycles. The summed E-state index contributed by atoms with van der Waals surface area (Å²) in [6, 6.07) is 20.3. The van der Waals surface area contributed by atoms with Crippen LogP contribution in [-0.4, -0.2) is 31.3 Å². The van der Waals surface area contributed by atoms with Crippen molar-refractivity contribution in [1.82, 2.24) is 5.32 Å². The molecule has 26 heavy (non-hydrogen) atoms. The third-order valence-electron chi connectivity index (χ3n) is 5.51. The highest BCUT2D eigenvalue weighted by atomic mass is 16.5. The Kier molecular flexibility index (Phi) is 5.21. The molecule has 2 aliphatic rings. The van der Waals surface area contributed by atoms with Crippen molar-refractivity contribution in [3.05, 3.63) is 66.2 Å². The first-order valence-corrected chi connectivity index (χ1v) is 9.44. The molecule has 4 rings (SSSR count). The van der Waals surface area contributed by atoms with Crippen molar-refractivity contribution < 1.29 is 14.3 Å². The van der Waals surface area contributed by atoms with E-state index in [-0.39, 0.29) is 11.9 Å². The molecule has 1 saturated heterocycles. The highest BCUT2D eigenvalue weighted by Crippen LogP contribution is 2.45. The maximum Gasteiger partial charge on any atom is 0.223 e. The average Bonchev–Trinajstić information content (AvgIpc) is 3.11. The van der Waals surface area contributed by atoms with E-state index < -0.39 is 0 Å². The number of hydrogen-bond donors (Lipinski definition) is 1. The van der Waals surface area contributed by atoms with E-state index >= 15 is 0 Å². The Balaban J connectivity index is 1.30. The van der Waals surface area contributed by atoms with E-state index in [4.69, 9.17) is 9.47 Å². The van der Waals surface area contributed by atoms with Crippen LogP contribution in [0.2, 0.25) is 0 Å². The van der Waals surface area contributed by atoms with Crippen LogP contribution in [0.4, 0.5) is 0 Å². The molecule has 4 atom stereocenters. The van der Waals surface area contributed by atoms with Crippen LogP contribution in [0.3, 0.4) is 0 Å². The predicted molar refractivity (Wildman–Crippen MR) is 100.0 cm³/mol. The molecule has 1 N–H and O–H groups in total. The number of para-hydroxylation sites is 1. The number of ether oxygens (including phenoxy) is 2. The molecule has 1 saturated carbocycles. The van der Waals surface area contributed by atoms with Crippen LogP contribution in [-0.2, 0) is 16.0 Å². The van der Waals surface area contributed by atoms with Crippen molar-refractivity contribution in [2.45, 2.75) is 31.4 Å². The molecule has 2 aromatic rings. The molecule has 4 nitrogen and oxygen atoms in total. The van der Waals surface area contributed by atoms with E-state index in [1.165, 1.54) is 5.56 Å². The lowest BCUT2D eigenvalue weighted by atomic mass is 9.64. The molecule has 4 heteroatoms. The molecule has 1 aliphatic carbocycles. The Morgan fingerprint density at radius 2 is 1.81 bits per heavy atom. The van der Waals surface area contributed by atoms with Gasteiger partial charge in [0, 0.05) is 24.5 Å². The Morgan fingerprint density at radius 3 is 2.58 bits per heavy atom. The van der Waals surface area contributed by atoms with Gasteiger partial charge in [0.1, 0.15) is 5.75 Å². The SMILES string of the molecule is O=C(CCOc1ccccc1)N[C@@H]1[C@@H](Cc2ccccc2)[C@H]2OCC[C@@H]12. The Hall–Kier alpha value is -2.33. The summed E-state index contributed by atoms with van der Waals surface area (Å²) in [6.45, 7) is 1.21. The summed E-state index contributed by atoms with van der Waals surface area (Å²) < 4.78 is 11.5. The fraction of sp³-hybridized carbons (Fsp3) is 0.409. The standard InChI is InChI=1S/C22H25NO3/c24-20(12-14-25-17-9-5-2-6-10-17)23-21-18-11-13-26-22(18)19(21)15-16-7-3-1-4-8-16/h1-10,18-19,21-22H,11-15H2,(H,23,24)/t18-,19+,21-,22-/m0/s1. The first-order valence-electron chi connectivity index (χ1n) is 9.44. The lowest BCUT2D eigenvalue weighted by Gasteiger charge is -2.48. The summed E-state index contributed by atoms with van der Waals surface area (Å²) in [5, 5.41) is 3.25. The van der Waals surface area contributed by atoms with E-state index in [2.05, 4.69) is 29.6 Å². The number of carbonyl (C=O) groups excluding carboxylic acids is 1. The van der Waals surface area contributed by atoms with Gasteiger partial charge in [-0.1, -0.05) is 48.5 Å². The Morgan fingerprint density at radius 1 is 1.08 bits per heavy atom. The maximum atomic E-state index is 12.4. The van der Waals surface area contributed by atoms with E-state index in [1.807, 2.05) is 36.4 Å². The fourth-order valence-corrected chi connectivity index (χ4v) is 4.21. The van der Waals surface area contributed by atoms with Crippen molar-refractivity contribution in [3.8, 4) is 5.75 Å². The average molecular weight is 351 g/mol. The first-order chi connectivity index (χ1) is 12.8. The van der Waals surface area contributed by atoms with Gasteiger partial charge in [-0.05, 0) is 30.5 Å². The minimum absolute atomic E-state index is 0.0642. The van der Waals surface area contributed by atoms with Crippen LogP contribution in [0.5, 0.6) is 5.75 Å². The third kappa shape index (κ3) is 3.75. The Bertz CT molecular complexity index is 719. The molecule has 0 radical (unpaired) electrons. The summed E-state index contributed by atoms with van der Waals surface area (Å²) >= 11 is 0. The van der Waals surface area contributed by atoms with Gasteiger partial charge in [-0.25, -0.2) is 0 Å². The van der Waals surface area contributed by atoms with Crippen LogP contribution in [0, 0.1) is 11.8 Å². The molecule has 0 aromatic heterocycles. The van der Waals surface area contributed by atoms with Gasteiger partial charge in [-0.2, -0.15) is 0 Å². The molecule has 0 bridgehead atoms. The number of rotatable bonds is 7. The van der Waals surface area contributed by atoms with Crippen molar-refractivity contribution in [1.29, 1.82) is 0 Å². The maximum absolute atomic E-state index is 12.4. The summed E-state index contributed by atoms with van der Waals surface area (Å²) in [5.74, 6) is 1.69. The van der Waals surface area contributed by atoms with Gasteiger partial charge in [0.15, 0.2) is 0 Å². The summed E-state index contributed by atoms with van der Waals surface area (Å²) in [4.78, 5) is 12.4. The molecule has 1 amide bonds. The van der Waals surface area contributed by atoms with Gasteiger partial charge in [-0.15, -0.1) is 0 Å². The second-order valence-electron chi connectivity index (χ2n) is 7.15. The zero-order chi connectivity index (χ0) is 17.8. The zero-order valence-electron chi connectivity index (χ0n) is 14.8. The van der Waals surface area contributed by atoms with Crippen molar-refractivity contribution in [3.63, 3.8) is 0 Å². The number of carbonyl (C=O) groups is 1. The Labute approximate surface area is 154 Å². The minimum Gasteiger partial charge on any atom is -0.493 e. The minimum atomic E-state index is 0.0642. The van der Waals surface area contributed by atoms with Gasteiger partial charge in [0.2, 0.25) is 5.91 Å². The van der Waals surface area contributed by atoms with Gasteiger partial charge < -0.3 is 14.8 Å². The fourth-order valence-electron chi connectivity index (χ4n) is 4.21. The zero-order valence-corrected chi connectivity index (χ0v) is 14.8. The van der Waals surface area contributed by atoms with Crippen molar-refractivity contribution in [2.75, 3.05) is 13.2 Å². The van der Waals surface area contributed by atoms with Crippen molar-refractivity contribution >= 4 is 5.91 Å². The molecular formula is C22H25NO3. The second kappa shape index (κ2) is 7.92. The number of amides is 1. The summed E-state index contributed by atoms with van der Waals surface area (Å²) in [6.07, 6.45) is 2.66. The number of nitrogens with one attached hydrogen (secondary N) is 1. The summed E-state index contributed by atoms with van der Waals surface area (Å²) in [5.41, 5.74) is 1.30. The molecule has 0 spiro atoms. The monoisotopic (exact) mass is 351 g/mol. The highest BCUT2D eigenvalue weighted by Gasteiger charge is 2.53. The molecule has 0 unspecified atom stereocenters. The highest BCUT2D eigenvalue weighted by molar-refractivity contribution is 5.76. The quantitative estimate of drug-likeness (QED) is 0.833. The first kappa shape index (κ1) is 17.1. The lowest BCUT2D eigenvalue weighted by Crippen LogP contribution is -2.62. The van der Waals surface area contributed by atoms with Gasteiger partial charge in [-0.3, -0.25) is 4.79 Å². The number of benzene rings is 2. The van der Waals surface area contributed by atoms with Crippen LogP contribution >= 0.6 is 0 Å². The number of hydrogen-bond acceptors (Lipinski definition) is 3. The molecular weight excluding hydrogens is 326 g/mol.